The van der Waals surface area contributed by atoms with Crippen molar-refractivity contribution in [2.75, 3.05) is 17.2 Å². The van der Waals surface area contributed by atoms with Crippen molar-refractivity contribution < 1.29 is 4.52 Å². The summed E-state index contributed by atoms with van der Waals surface area (Å²) in [5, 5.41) is 17.5. The predicted octanol–water partition coefficient (Wildman–Crippen LogP) is 1.73. The highest BCUT2D eigenvalue weighted by atomic mass is 16.5. The first-order chi connectivity index (χ1) is 8.28. The zero-order valence-electron chi connectivity index (χ0n) is 9.77. The van der Waals surface area contributed by atoms with Gasteiger partial charge in [0.15, 0.2) is 11.6 Å². The van der Waals surface area contributed by atoms with E-state index in [0.29, 0.717) is 17.6 Å². The fourth-order valence-electron chi connectivity index (χ4n) is 1.23. The van der Waals surface area contributed by atoms with E-state index in [4.69, 9.17) is 4.52 Å². The highest BCUT2D eigenvalue weighted by molar-refractivity contribution is 5.48. The quantitative estimate of drug-likeness (QED) is 0.814. The van der Waals surface area contributed by atoms with Crippen molar-refractivity contribution in [3.05, 3.63) is 18.0 Å². The lowest BCUT2D eigenvalue weighted by molar-refractivity contribution is 0.400. The maximum Gasteiger partial charge on any atom is 0.250 e. The third-order valence-corrected chi connectivity index (χ3v) is 1.98. The zero-order valence-corrected chi connectivity index (χ0v) is 9.77. The minimum Gasteiger partial charge on any atom is -0.369 e. The molecule has 0 aliphatic carbocycles. The summed E-state index contributed by atoms with van der Waals surface area (Å²) in [4.78, 5) is 4.24. The van der Waals surface area contributed by atoms with Gasteiger partial charge in [0.05, 0.1) is 6.20 Å². The molecule has 7 heteroatoms. The number of aryl methyl sites for hydroxylation is 1. The van der Waals surface area contributed by atoms with Gasteiger partial charge in [-0.25, -0.2) is 0 Å². The SMILES string of the molecule is CCCNc1cnnc(Nc2cc(C)on2)n1. The predicted molar refractivity (Wildman–Crippen MR) is 63.1 cm³/mol. The van der Waals surface area contributed by atoms with E-state index in [0.717, 1.165) is 18.7 Å². The number of nitrogens with zero attached hydrogens (tertiary/aromatic N) is 4. The number of aromatic nitrogens is 4. The molecule has 17 heavy (non-hydrogen) atoms. The summed E-state index contributed by atoms with van der Waals surface area (Å²) in [6.45, 7) is 4.75. The maximum absolute atomic E-state index is 4.93. The molecule has 0 aromatic carbocycles. The van der Waals surface area contributed by atoms with Crippen LogP contribution in [-0.2, 0) is 0 Å². The molecule has 0 spiro atoms. The Kier molecular flexibility index (Phi) is 3.49. The molecule has 2 aromatic rings. The van der Waals surface area contributed by atoms with E-state index in [9.17, 15) is 0 Å². The van der Waals surface area contributed by atoms with Crippen LogP contribution < -0.4 is 10.6 Å². The van der Waals surface area contributed by atoms with Gasteiger partial charge in [0, 0.05) is 12.6 Å². The Balaban J connectivity index is 2.05. The Hall–Kier alpha value is -2.18. The summed E-state index contributed by atoms with van der Waals surface area (Å²) in [5.74, 6) is 2.36. The number of hydrogen-bond acceptors (Lipinski definition) is 7. The first-order valence-corrected chi connectivity index (χ1v) is 5.42. The molecule has 0 atom stereocenters. The third-order valence-electron chi connectivity index (χ3n) is 1.98. The van der Waals surface area contributed by atoms with Crippen molar-refractivity contribution in [3.8, 4) is 0 Å². The Morgan fingerprint density at radius 1 is 1.35 bits per heavy atom. The van der Waals surface area contributed by atoms with E-state index in [1.54, 1.807) is 12.3 Å². The molecule has 90 valence electrons. The van der Waals surface area contributed by atoms with Crippen molar-refractivity contribution in [1.29, 1.82) is 0 Å². The minimum atomic E-state index is 0.388. The molecule has 0 aliphatic rings. The molecule has 0 aliphatic heterocycles. The molecule has 0 saturated heterocycles. The molecular formula is C10H14N6O. The Morgan fingerprint density at radius 2 is 2.24 bits per heavy atom. The monoisotopic (exact) mass is 234 g/mol. The van der Waals surface area contributed by atoms with Gasteiger partial charge in [0.25, 0.3) is 0 Å². The van der Waals surface area contributed by atoms with Crippen LogP contribution in [0.4, 0.5) is 17.6 Å². The second kappa shape index (κ2) is 5.24. The van der Waals surface area contributed by atoms with Crippen LogP contribution >= 0.6 is 0 Å². The summed E-state index contributed by atoms with van der Waals surface area (Å²) in [5.41, 5.74) is 0. The van der Waals surface area contributed by atoms with E-state index < -0.39 is 0 Å². The average molecular weight is 234 g/mol. The molecule has 0 unspecified atom stereocenters. The Bertz CT molecular complexity index is 483. The zero-order chi connectivity index (χ0) is 12.1. The van der Waals surface area contributed by atoms with Crippen LogP contribution in [0, 0.1) is 6.92 Å². The van der Waals surface area contributed by atoms with Crippen LogP contribution in [0.5, 0.6) is 0 Å². The lowest BCUT2D eigenvalue weighted by atomic mass is 10.5. The highest BCUT2D eigenvalue weighted by Crippen LogP contribution is 2.12. The topological polar surface area (TPSA) is 88.8 Å². The standard InChI is InChI=1S/C10H14N6O/c1-3-4-11-9-6-12-15-10(14-9)13-8-5-7(2)17-16-8/h5-6H,3-4H2,1-2H3,(H2,11,13,14,15,16). The van der Waals surface area contributed by atoms with Gasteiger partial charge >= 0.3 is 0 Å². The second-order valence-corrected chi connectivity index (χ2v) is 3.54. The van der Waals surface area contributed by atoms with Crippen LogP contribution in [0.1, 0.15) is 19.1 Å². The molecule has 7 nitrogen and oxygen atoms in total. The highest BCUT2D eigenvalue weighted by Gasteiger charge is 2.04. The number of nitrogens with one attached hydrogen (secondary N) is 2. The largest absolute Gasteiger partial charge is 0.369 e. The number of rotatable bonds is 5. The van der Waals surface area contributed by atoms with E-state index in [2.05, 4.69) is 37.9 Å². The number of anilines is 3. The first-order valence-electron chi connectivity index (χ1n) is 5.42. The van der Waals surface area contributed by atoms with Crippen molar-refractivity contribution in [2.24, 2.45) is 0 Å². The molecule has 2 N–H and O–H groups in total. The summed E-state index contributed by atoms with van der Waals surface area (Å²) >= 11 is 0. The Morgan fingerprint density at radius 3 is 2.94 bits per heavy atom. The number of hydrogen-bond donors (Lipinski definition) is 2. The van der Waals surface area contributed by atoms with Crippen LogP contribution in [0.25, 0.3) is 0 Å². The summed E-state index contributed by atoms with van der Waals surface area (Å²) in [7, 11) is 0. The van der Waals surface area contributed by atoms with E-state index >= 15 is 0 Å². The third kappa shape index (κ3) is 3.13. The van der Waals surface area contributed by atoms with Crippen molar-refractivity contribution in [3.63, 3.8) is 0 Å². The first kappa shape index (κ1) is 11.3. The molecule has 0 saturated carbocycles. The smallest absolute Gasteiger partial charge is 0.250 e. The maximum atomic E-state index is 4.93. The average Bonchev–Trinajstić information content (AvgIpc) is 2.73. The summed E-state index contributed by atoms with van der Waals surface area (Å²) in [6.07, 6.45) is 2.60. The van der Waals surface area contributed by atoms with Gasteiger partial charge in [-0.05, 0) is 13.3 Å². The fourth-order valence-corrected chi connectivity index (χ4v) is 1.23. The fraction of sp³-hybridized carbons (Fsp3) is 0.400. The molecule has 0 fully saturated rings. The second-order valence-electron chi connectivity index (χ2n) is 3.54. The van der Waals surface area contributed by atoms with Gasteiger partial charge in [-0.1, -0.05) is 12.1 Å². The van der Waals surface area contributed by atoms with Gasteiger partial charge in [-0.15, -0.1) is 5.10 Å². The molecule has 0 radical (unpaired) electrons. The van der Waals surface area contributed by atoms with E-state index in [1.165, 1.54) is 0 Å². The Labute approximate surface area is 98.6 Å². The van der Waals surface area contributed by atoms with E-state index in [-0.39, 0.29) is 0 Å². The summed E-state index contributed by atoms with van der Waals surface area (Å²) < 4.78 is 4.93. The minimum absolute atomic E-state index is 0.388. The van der Waals surface area contributed by atoms with Gasteiger partial charge in [-0.3, -0.25) is 0 Å². The normalized spacial score (nSPS) is 10.2. The van der Waals surface area contributed by atoms with Crippen LogP contribution in [0.3, 0.4) is 0 Å². The molecule has 0 bridgehead atoms. The van der Waals surface area contributed by atoms with Crippen LogP contribution in [0.2, 0.25) is 0 Å². The van der Waals surface area contributed by atoms with Gasteiger partial charge in [0.2, 0.25) is 5.95 Å². The van der Waals surface area contributed by atoms with Crippen molar-refractivity contribution in [2.45, 2.75) is 20.3 Å². The van der Waals surface area contributed by atoms with Crippen molar-refractivity contribution in [1.82, 2.24) is 20.3 Å². The molecule has 2 rings (SSSR count). The molecular weight excluding hydrogens is 220 g/mol. The lowest BCUT2D eigenvalue weighted by Gasteiger charge is -2.04. The molecule has 2 aromatic heterocycles. The molecule has 2 heterocycles. The van der Waals surface area contributed by atoms with Gasteiger partial charge in [0.1, 0.15) is 5.76 Å². The van der Waals surface area contributed by atoms with Gasteiger partial charge < -0.3 is 15.2 Å². The summed E-state index contributed by atoms with van der Waals surface area (Å²) in [6, 6.07) is 1.76. The van der Waals surface area contributed by atoms with E-state index in [1.807, 2.05) is 6.92 Å². The van der Waals surface area contributed by atoms with Crippen LogP contribution in [0.15, 0.2) is 16.8 Å². The lowest BCUT2D eigenvalue weighted by Crippen LogP contribution is -2.06. The van der Waals surface area contributed by atoms with Gasteiger partial charge in [-0.2, -0.15) is 10.1 Å². The van der Waals surface area contributed by atoms with Crippen LogP contribution in [-0.4, -0.2) is 26.9 Å². The molecule has 0 amide bonds. The van der Waals surface area contributed by atoms with Crippen molar-refractivity contribution >= 4 is 17.6 Å².